The van der Waals surface area contributed by atoms with E-state index in [4.69, 9.17) is 5.11 Å². The van der Waals surface area contributed by atoms with Gasteiger partial charge in [0.1, 0.15) is 4.90 Å². The molecule has 0 saturated carbocycles. The molecule has 0 aliphatic carbocycles. The maximum Gasteiger partial charge on any atom is 0.303 e. The third-order valence-electron chi connectivity index (χ3n) is 1.77. The van der Waals surface area contributed by atoms with Gasteiger partial charge >= 0.3 is 5.97 Å². The molecule has 0 spiro atoms. The highest BCUT2D eigenvalue weighted by Crippen LogP contribution is 2.34. The van der Waals surface area contributed by atoms with Crippen LogP contribution in [0.3, 0.4) is 0 Å². The molecule has 0 unspecified atom stereocenters. The molecule has 0 bridgehead atoms. The van der Waals surface area contributed by atoms with E-state index in [1.807, 2.05) is 0 Å². The lowest BCUT2D eigenvalue weighted by atomic mass is 10.3. The van der Waals surface area contributed by atoms with Gasteiger partial charge in [-0.05, 0) is 44.3 Å². The number of carboxylic acid groups (broad SMARTS) is 1. The molecule has 0 fully saturated rings. The molecular formula is C8H9Br2NO4S2. The first-order chi connectivity index (χ1) is 7.83. The van der Waals surface area contributed by atoms with Crippen LogP contribution in [-0.4, -0.2) is 26.0 Å². The number of aliphatic carboxylic acids is 1. The molecule has 0 atom stereocenters. The Morgan fingerprint density at radius 2 is 2.12 bits per heavy atom. The van der Waals surface area contributed by atoms with Crippen molar-refractivity contribution in [3.05, 3.63) is 13.6 Å². The zero-order chi connectivity index (χ0) is 13.1. The second kappa shape index (κ2) is 6.28. The van der Waals surface area contributed by atoms with Crippen molar-refractivity contribution in [2.45, 2.75) is 17.7 Å². The minimum Gasteiger partial charge on any atom is -0.481 e. The summed E-state index contributed by atoms with van der Waals surface area (Å²) in [4.78, 5) is 10.4. The van der Waals surface area contributed by atoms with Crippen molar-refractivity contribution >= 4 is 59.2 Å². The van der Waals surface area contributed by atoms with Gasteiger partial charge in [0.05, 0.1) is 7.57 Å². The quantitative estimate of drug-likeness (QED) is 0.710. The zero-order valence-electron chi connectivity index (χ0n) is 8.44. The fourth-order valence-electron chi connectivity index (χ4n) is 1.03. The SMILES string of the molecule is O=C(O)CCCNS(=O)(=O)c1cc(Br)sc1Br. The topological polar surface area (TPSA) is 83.5 Å². The van der Waals surface area contributed by atoms with Crippen LogP contribution in [-0.2, 0) is 14.8 Å². The van der Waals surface area contributed by atoms with Crippen LogP contribution in [0, 0.1) is 0 Å². The van der Waals surface area contributed by atoms with Gasteiger partial charge in [-0.25, -0.2) is 13.1 Å². The van der Waals surface area contributed by atoms with Crippen LogP contribution in [0.4, 0.5) is 0 Å². The molecule has 1 heterocycles. The number of carboxylic acids is 1. The third-order valence-corrected chi connectivity index (χ3v) is 5.99. The number of carbonyl (C=O) groups is 1. The minimum absolute atomic E-state index is 0.0585. The molecule has 0 aliphatic rings. The molecule has 0 amide bonds. The third kappa shape index (κ3) is 4.66. The van der Waals surface area contributed by atoms with E-state index in [1.54, 1.807) is 0 Å². The van der Waals surface area contributed by atoms with Gasteiger partial charge < -0.3 is 5.11 Å². The normalized spacial score (nSPS) is 11.6. The van der Waals surface area contributed by atoms with Gasteiger partial charge in [-0.3, -0.25) is 4.79 Å². The van der Waals surface area contributed by atoms with E-state index < -0.39 is 16.0 Å². The number of hydrogen-bond acceptors (Lipinski definition) is 4. The van der Waals surface area contributed by atoms with Crippen molar-refractivity contribution in [3.63, 3.8) is 0 Å². The first-order valence-electron chi connectivity index (χ1n) is 4.49. The first-order valence-corrected chi connectivity index (χ1v) is 8.38. The van der Waals surface area contributed by atoms with E-state index in [-0.39, 0.29) is 24.3 Å². The maximum atomic E-state index is 11.8. The second-order valence-corrected chi connectivity index (χ2v) is 8.57. The van der Waals surface area contributed by atoms with Gasteiger partial charge in [-0.1, -0.05) is 0 Å². The summed E-state index contributed by atoms with van der Waals surface area (Å²) in [6, 6.07) is 1.49. The average molecular weight is 407 g/mol. The van der Waals surface area contributed by atoms with E-state index in [2.05, 4.69) is 36.6 Å². The number of nitrogens with one attached hydrogen (secondary N) is 1. The molecule has 5 nitrogen and oxygen atoms in total. The molecule has 1 rings (SSSR count). The molecule has 0 radical (unpaired) electrons. The average Bonchev–Trinajstić information content (AvgIpc) is 2.53. The Kier molecular flexibility index (Phi) is 5.58. The molecule has 0 aromatic carbocycles. The van der Waals surface area contributed by atoms with Crippen LogP contribution in [0.15, 0.2) is 18.5 Å². The Bertz CT molecular complexity index is 512. The molecule has 9 heteroatoms. The van der Waals surface area contributed by atoms with Crippen molar-refractivity contribution in [1.29, 1.82) is 0 Å². The van der Waals surface area contributed by atoms with Crippen molar-refractivity contribution in [3.8, 4) is 0 Å². The lowest BCUT2D eigenvalue weighted by Crippen LogP contribution is -2.25. The van der Waals surface area contributed by atoms with E-state index >= 15 is 0 Å². The Hall–Kier alpha value is 0.0400. The predicted octanol–water partition coefficient (Wildman–Crippen LogP) is 2.42. The summed E-state index contributed by atoms with van der Waals surface area (Å²) >= 11 is 7.62. The van der Waals surface area contributed by atoms with Gasteiger partial charge in [-0.15, -0.1) is 11.3 Å². The Morgan fingerprint density at radius 3 is 2.59 bits per heavy atom. The number of hydrogen-bond donors (Lipinski definition) is 2. The van der Waals surface area contributed by atoms with Crippen LogP contribution in [0.5, 0.6) is 0 Å². The summed E-state index contributed by atoms with van der Waals surface area (Å²) in [5, 5.41) is 8.42. The Morgan fingerprint density at radius 1 is 1.47 bits per heavy atom. The van der Waals surface area contributed by atoms with Crippen LogP contribution < -0.4 is 4.72 Å². The molecule has 0 saturated heterocycles. The number of thiophene rings is 1. The van der Waals surface area contributed by atoms with E-state index in [0.29, 0.717) is 7.57 Å². The number of rotatable bonds is 6. The van der Waals surface area contributed by atoms with Gasteiger partial charge in [0.2, 0.25) is 10.0 Å². The van der Waals surface area contributed by atoms with Crippen molar-refractivity contribution in [1.82, 2.24) is 4.72 Å². The smallest absolute Gasteiger partial charge is 0.303 e. The van der Waals surface area contributed by atoms with Crippen LogP contribution in [0.1, 0.15) is 12.8 Å². The summed E-state index contributed by atoms with van der Waals surface area (Å²) < 4.78 is 27.2. The summed E-state index contributed by atoms with van der Waals surface area (Å²) in [6.07, 6.45) is 0.203. The van der Waals surface area contributed by atoms with Crippen molar-refractivity contribution in [2.24, 2.45) is 0 Å². The summed E-state index contributed by atoms with van der Waals surface area (Å²) in [6.45, 7) is 0.106. The molecule has 1 aromatic rings. The molecular weight excluding hydrogens is 398 g/mol. The number of halogens is 2. The highest BCUT2D eigenvalue weighted by atomic mass is 79.9. The number of sulfonamides is 1. The largest absolute Gasteiger partial charge is 0.481 e. The van der Waals surface area contributed by atoms with Crippen molar-refractivity contribution in [2.75, 3.05) is 6.54 Å². The predicted molar refractivity (Wildman–Crippen MR) is 71.8 cm³/mol. The lowest BCUT2D eigenvalue weighted by molar-refractivity contribution is -0.137. The summed E-state index contributed by atoms with van der Waals surface area (Å²) in [7, 11) is -3.58. The van der Waals surface area contributed by atoms with Crippen LogP contribution >= 0.6 is 43.2 Å². The fourth-order valence-corrected chi connectivity index (χ4v) is 5.92. The van der Waals surface area contributed by atoms with E-state index in [1.165, 1.54) is 17.4 Å². The van der Waals surface area contributed by atoms with Crippen LogP contribution in [0.25, 0.3) is 0 Å². The Labute approximate surface area is 120 Å². The Balaban J connectivity index is 2.63. The molecule has 2 N–H and O–H groups in total. The van der Waals surface area contributed by atoms with Crippen molar-refractivity contribution < 1.29 is 18.3 Å². The molecule has 96 valence electrons. The van der Waals surface area contributed by atoms with Gasteiger partial charge in [0.15, 0.2) is 0 Å². The first kappa shape index (κ1) is 15.1. The molecule has 1 aromatic heterocycles. The standard InChI is InChI=1S/C8H9Br2NO4S2/c9-6-4-5(8(10)16-6)17(14,15)11-3-1-2-7(12)13/h4,11H,1-3H2,(H,12,13). The van der Waals surface area contributed by atoms with Gasteiger partial charge in [-0.2, -0.15) is 0 Å². The monoisotopic (exact) mass is 405 g/mol. The maximum absolute atomic E-state index is 11.8. The highest BCUT2D eigenvalue weighted by Gasteiger charge is 2.19. The van der Waals surface area contributed by atoms with E-state index in [0.717, 1.165) is 0 Å². The summed E-state index contributed by atoms with van der Waals surface area (Å²) in [5.41, 5.74) is 0. The van der Waals surface area contributed by atoms with Gasteiger partial charge in [0, 0.05) is 13.0 Å². The molecule has 17 heavy (non-hydrogen) atoms. The molecule has 0 aliphatic heterocycles. The van der Waals surface area contributed by atoms with E-state index in [9.17, 15) is 13.2 Å². The lowest BCUT2D eigenvalue weighted by Gasteiger charge is -2.04. The zero-order valence-corrected chi connectivity index (χ0v) is 13.2. The van der Waals surface area contributed by atoms with Crippen LogP contribution in [0.2, 0.25) is 0 Å². The summed E-state index contributed by atoms with van der Waals surface area (Å²) in [5.74, 6) is -0.941. The highest BCUT2D eigenvalue weighted by molar-refractivity contribution is 9.12. The fraction of sp³-hybridized carbons (Fsp3) is 0.375. The van der Waals surface area contributed by atoms with Gasteiger partial charge in [0.25, 0.3) is 0 Å². The minimum atomic E-state index is -3.58. The second-order valence-electron chi connectivity index (χ2n) is 3.08.